The highest BCUT2D eigenvalue weighted by atomic mass is 79.9. The minimum Gasteiger partial charge on any atom is -0.396 e. The van der Waals surface area contributed by atoms with Gasteiger partial charge in [-0.05, 0) is 59.3 Å². The van der Waals surface area contributed by atoms with E-state index in [9.17, 15) is 9.18 Å². The van der Waals surface area contributed by atoms with Gasteiger partial charge < -0.3 is 10.0 Å². The van der Waals surface area contributed by atoms with Gasteiger partial charge in [-0.15, -0.1) is 0 Å². The van der Waals surface area contributed by atoms with E-state index in [-0.39, 0.29) is 12.5 Å². The molecule has 3 nitrogen and oxygen atoms in total. The molecule has 1 heterocycles. The highest BCUT2D eigenvalue weighted by Gasteiger charge is 2.24. The lowest BCUT2D eigenvalue weighted by atomic mass is 9.94. The predicted octanol–water partition coefficient (Wildman–Crippen LogP) is 2.82. The molecule has 2 rings (SSSR count). The van der Waals surface area contributed by atoms with Gasteiger partial charge in [-0.3, -0.25) is 4.79 Å². The van der Waals surface area contributed by atoms with Crippen molar-refractivity contribution < 1.29 is 14.3 Å². The number of rotatable bonds is 3. The van der Waals surface area contributed by atoms with Gasteiger partial charge in [0, 0.05) is 25.3 Å². The van der Waals surface area contributed by atoms with Gasteiger partial charge in [0.1, 0.15) is 5.82 Å². The quantitative estimate of drug-likeness (QED) is 0.926. The molecule has 1 aromatic carbocycles. The molecule has 1 atom stereocenters. The van der Waals surface area contributed by atoms with Crippen LogP contribution < -0.4 is 0 Å². The summed E-state index contributed by atoms with van der Waals surface area (Å²) in [7, 11) is 0. The minimum absolute atomic E-state index is 0.131. The van der Waals surface area contributed by atoms with E-state index in [0.717, 1.165) is 19.3 Å². The van der Waals surface area contributed by atoms with E-state index in [1.807, 2.05) is 0 Å². The zero-order chi connectivity index (χ0) is 13.8. The van der Waals surface area contributed by atoms with Crippen LogP contribution in [0.5, 0.6) is 0 Å². The zero-order valence-electron chi connectivity index (χ0n) is 10.6. The standard InChI is InChI=1S/C14H17BrFNO2/c15-12-4-3-11(8-13(12)16)14(19)17-6-1-2-10(9-17)5-7-18/h3-4,8,10,18H,1-2,5-7,9H2. The molecule has 1 aliphatic heterocycles. The summed E-state index contributed by atoms with van der Waals surface area (Å²) in [6.45, 7) is 1.51. The van der Waals surface area contributed by atoms with Gasteiger partial charge in [-0.1, -0.05) is 0 Å². The maximum absolute atomic E-state index is 13.5. The lowest BCUT2D eigenvalue weighted by molar-refractivity contribution is 0.0653. The van der Waals surface area contributed by atoms with Crippen LogP contribution in [0.15, 0.2) is 22.7 Å². The van der Waals surface area contributed by atoms with Crippen molar-refractivity contribution in [3.05, 3.63) is 34.1 Å². The highest BCUT2D eigenvalue weighted by molar-refractivity contribution is 9.10. The van der Waals surface area contributed by atoms with Gasteiger partial charge in [0.2, 0.25) is 0 Å². The number of hydrogen-bond acceptors (Lipinski definition) is 2. The van der Waals surface area contributed by atoms with Crippen LogP contribution in [-0.2, 0) is 0 Å². The van der Waals surface area contributed by atoms with Crippen molar-refractivity contribution in [3.63, 3.8) is 0 Å². The molecule has 19 heavy (non-hydrogen) atoms. The van der Waals surface area contributed by atoms with Crippen molar-refractivity contribution in [1.82, 2.24) is 4.90 Å². The van der Waals surface area contributed by atoms with E-state index >= 15 is 0 Å². The topological polar surface area (TPSA) is 40.5 Å². The number of nitrogens with zero attached hydrogens (tertiary/aromatic N) is 1. The molecule has 0 aliphatic carbocycles. The van der Waals surface area contributed by atoms with E-state index in [0.29, 0.717) is 29.0 Å². The Balaban J connectivity index is 2.08. The number of carbonyl (C=O) groups excluding carboxylic acids is 1. The first-order chi connectivity index (χ1) is 9.11. The summed E-state index contributed by atoms with van der Waals surface area (Å²) in [6.07, 6.45) is 2.70. The maximum atomic E-state index is 13.5. The molecule has 1 amide bonds. The Hall–Kier alpha value is -0.940. The van der Waals surface area contributed by atoms with Crippen LogP contribution >= 0.6 is 15.9 Å². The van der Waals surface area contributed by atoms with Gasteiger partial charge in [-0.2, -0.15) is 0 Å². The molecule has 1 aromatic rings. The normalized spacial score (nSPS) is 19.5. The average molecular weight is 330 g/mol. The molecule has 1 saturated heterocycles. The summed E-state index contributed by atoms with van der Waals surface area (Å²) in [5.74, 6) is -0.202. The first kappa shape index (κ1) is 14.5. The van der Waals surface area contributed by atoms with Gasteiger partial charge >= 0.3 is 0 Å². The fourth-order valence-corrected chi connectivity index (χ4v) is 2.73. The Morgan fingerprint density at radius 3 is 3.00 bits per heavy atom. The van der Waals surface area contributed by atoms with E-state index < -0.39 is 5.82 Å². The zero-order valence-corrected chi connectivity index (χ0v) is 12.2. The van der Waals surface area contributed by atoms with Crippen molar-refractivity contribution in [2.24, 2.45) is 5.92 Å². The number of amides is 1. The molecule has 1 unspecified atom stereocenters. The van der Waals surface area contributed by atoms with E-state index in [1.165, 1.54) is 6.07 Å². The Kier molecular flexibility index (Phi) is 4.93. The first-order valence-electron chi connectivity index (χ1n) is 6.47. The van der Waals surface area contributed by atoms with Crippen LogP contribution in [0.3, 0.4) is 0 Å². The van der Waals surface area contributed by atoms with Crippen LogP contribution in [-0.4, -0.2) is 35.6 Å². The largest absolute Gasteiger partial charge is 0.396 e. The van der Waals surface area contributed by atoms with Crippen molar-refractivity contribution in [2.75, 3.05) is 19.7 Å². The number of benzene rings is 1. The fraction of sp³-hybridized carbons (Fsp3) is 0.500. The molecule has 1 fully saturated rings. The number of aliphatic hydroxyl groups is 1. The molecular weight excluding hydrogens is 313 g/mol. The average Bonchev–Trinajstić information content (AvgIpc) is 2.42. The number of halogens is 2. The summed E-state index contributed by atoms with van der Waals surface area (Å²) < 4.78 is 13.8. The number of aliphatic hydroxyl groups excluding tert-OH is 1. The van der Waals surface area contributed by atoms with E-state index in [4.69, 9.17) is 5.11 Å². The Bertz CT molecular complexity index is 465. The Morgan fingerprint density at radius 2 is 2.32 bits per heavy atom. The molecular formula is C14H17BrFNO2. The summed E-state index contributed by atoms with van der Waals surface area (Å²) in [6, 6.07) is 4.45. The molecule has 0 bridgehead atoms. The van der Waals surface area contributed by atoms with Crippen molar-refractivity contribution in [2.45, 2.75) is 19.3 Å². The lowest BCUT2D eigenvalue weighted by Crippen LogP contribution is -2.40. The van der Waals surface area contributed by atoms with Crippen molar-refractivity contribution >= 4 is 21.8 Å². The van der Waals surface area contributed by atoms with Crippen LogP contribution in [0.25, 0.3) is 0 Å². The number of carbonyl (C=O) groups is 1. The predicted molar refractivity (Wildman–Crippen MR) is 74.4 cm³/mol. The maximum Gasteiger partial charge on any atom is 0.253 e. The SMILES string of the molecule is O=C(c1ccc(Br)c(F)c1)N1CCCC(CCO)C1. The van der Waals surface area contributed by atoms with E-state index in [1.54, 1.807) is 17.0 Å². The fourth-order valence-electron chi connectivity index (χ4n) is 2.48. The summed E-state index contributed by atoms with van der Waals surface area (Å²) in [5.41, 5.74) is 0.380. The molecule has 0 saturated carbocycles. The van der Waals surface area contributed by atoms with E-state index in [2.05, 4.69) is 15.9 Å². The molecule has 104 valence electrons. The van der Waals surface area contributed by atoms with Gasteiger partial charge in [-0.25, -0.2) is 4.39 Å². The monoisotopic (exact) mass is 329 g/mol. The third-order valence-corrected chi connectivity index (χ3v) is 4.15. The van der Waals surface area contributed by atoms with Crippen molar-refractivity contribution in [3.8, 4) is 0 Å². The molecule has 0 radical (unpaired) electrons. The second-order valence-corrected chi connectivity index (χ2v) is 5.75. The molecule has 1 N–H and O–H groups in total. The Morgan fingerprint density at radius 1 is 1.53 bits per heavy atom. The van der Waals surface area contributed by atoms with Crippen molar-refractivity contribution in [1.29, 1.82) is 0 Å². The summed E-state index contributed by atoms with van der Waals surface area (Å²) >= 11 is 3.08. The van der Waals surface area contributed by atoms with Crippen LogP contribution in [0, 0.1) is 11.7 Å². The first-order valence-corrected chi connectivity index (χ1v) is 7.26. The van der Waals surface area contributed by atoms with Crippen LogP contribution in [0.2, 0.25) is 0 Å². The number of hydrogen-bond donors (Lipinski definition) is 1. The number of piperidine rings is 1. The molecule has 1 aliphatic rings. The summed E-state index contributed by atoms with van der Waals surface area (Å²) in [4.78, 5) is 14.1. The second-order valence-electron chi connectivity index (χ2n) is 4.90. The third-order valence-electron chi connectivity index (χ3n) is 3.51. The second kappa shape index (κ2) is 6.48. The van der Waals surface area contributed by atoms with Crippen LogP contribution in [0.1, 0.15) is 29.6 Å². The smallest absolute Gasteiger partial charge is 0.253 e. The minimum atomic E-state index is -0.422. The Labute approximate surface area is 120 Å². The molecule has 0 aromatic heterocycles. The van der Waals surface area contributed by atoms with Crippen LogP contribution in [0.4, 0.5) is 4.39 Å². The molecule has 5 heteroatoms. The third kappa shape index (κ3) is 3.54. The number of likely N-dealkylation sites (tertiary alicyclic amines) is 1. The van der Waals surface area contributed by atoms with Gasteiger partial charge in [0.05, 0.1) is 4.47 Å². The van der Waals surface area contributed by atoms with Gasteiger partial charge in [0.15, 0.2) is 0 Å². The summed E-state index contributed by atoms with van der Waals surface area (Å²) in [5, 5.41) is 8.97. The lowest BCUT2D eigenvalue weighted by Gasteiger charge is -2.32. The molecule has 0 spiro atoms. The highest BCUT2D eigenvalue weighted by Crippen LogP contribution is 2.22. The van der Waals surface area contributed by atoms with Gasteiger partial charge in [0.25, 0.3) is 5.91 Å².